The highest BCUT2D eigenvalue weighted by Gasteiger charge is 2.43. The molecule has 0 N–H and O–H groups in total. The molecule has 2 heterocycles. The lowest BCUT2D eigenvalue weighted by Crippen LogP contribution is -2.45. The highest BCUT2D eigenvalue weighted by atomic mass is 32.1. The van der Waals surface area contributed by atoms with Crippen LogP contribution in [0.3, 0.4) is 0 Å². The lowest BCUT2D eigenvalue weighted by molar-refractivity contribution is -0.0314. The van der Waals surface area contributed by atoms with Crippen molar-refractivity contribution >= 4 is 11.3 Å². The molecule has 0 radical (unpaired) electrons. The van der Waals surface area contributed by atoms with E-state index in [2.05, 4.69) is 30.1 Å². The van der Waals surface area contributed by atoms with E-state index in [1.165, 1.54) is 5.56 Å². The van der Waals surface area contributed by atoms with Crippen molar-refractivity contribution < 1.29 is 4.74 Å². The fourth-order valence-electron chi connectivity index (χ4n) is 1.98. The molecular weight excluding hydrogens is 244 g/mol. The lowest BCUT2D eigenvalue weighted by Gasteiger charge is -2.33. The van der Waals surface area contributed by atoms with Crippen molar-refractivity contribution in [3.8, 4) is 16.6 Å². The number of rotatable bonds is 2. The maximum atomic E-state index is 9.25. The molecule has 0 unspecified atom stereocenters. The van der Waals surface area contributed by atoms with E-state index in [0.717, 1.165) is 16.3 Å². The Morgan fingerprint density at radius 3 is 2.89 bits per heavy atom. The predicted molar refractivity (Wildman–Crippen MR) is 70.4 cm³/mol. The topological polar surface area (TPSA) is 45.9 Å². The number of nitrogens with zero attached hydrogens (tertiary/aromatic N) is 2. The second-order valence-electron chi connectivity index (χ2n) is 4.59. The van der Waals surface area contributed by atoms with Gasteiger partial charge in [0.2, 0.25) is 0 Å². The molecule has 0 atom stereocenters. The van der Waals surface area contributed by atoms with Crippen molar-refractivity contribution in [2.24, 2.45) is 0 Å². The summed E-state index contributed by atoms with van der Waals surface area (Å²) in [6.07, 6.45) is 0. The molecule has 4 heteroatoms. The van der Waals surface area contributed by atoms with Gasteiger partial charge < -0.3 is 4.74 Å². The van der Waals surface area contributed by atoms with Crippen molar-refractivity contribution in [1.29, 1.82) is 5.26 Å². The first-order valence-electron chi connectivity index (χ1n) is 5.76. The monoisotopic (exact) mass is 256 g/mol. The lowest BCUT2D eigenvalue weighted by atomic mass is 9.85. The normalized spacial score (nSPS) is 16.9. The molecule has 1 aliphatic heterocycles. The molecule has 1 fully saturated rings. The van der Waals surface area contributed by atoms with Crippen LogP contribution in [0, 0.1) is 18.3 Å². The van der Waals surface area contributed by atoms with Crippen LogP contribution >= 0.6 is 11.3 Å². The van der Waals surface area contributed by atoms with E-state index in [9.17, 15) is 5.26 Å². The van der Waals surface area contributed by atoms with Crippen molar-refractivity contribution in [2.75, 3.05) is 13.2 Å². The fraction of sp³-hybridized carbons (Fsp3) is 0.286. The molecule has 1 saturated heterocycles. The van der Waals surface area contributed by atoms with Gasteiger partial charge in [-0.2, -0.15) is 5.26 Å². The number of aryl methyl sites for hydroxylation is 1. The van der Waals surface area contributed by atoms with Gasteiger partial charge in [-0.05, 0) is 13.0 Å². The van der Waals surface area contributed by atoms with Crippen LogP contribution in [-0.4, -0.2) is 18.2 Å². The second kappa shape index (κ2) is 4.20. The molecule has 1 aromatic carbocycles. The van der Waals surface area contributed by atoms with Crippen LogP contribution in [0.4, 0.5) is 0 Å². The Bertz CT molecular complexity index is 623. The average molecular weight is 256 g/mol. The summed E-state index contributed by atoms with van der Waals surface area (Å²) in [4.78, 5) is 4.60. The van der Waals surface area contributed by atoms with Crippen molar-refractivity contribution in [3.05, 3.63) is 40.9 Å². The minimum Gasteiger partial charge on any atom is -0.377 e. The van der Waals surface area contributed by atoms with Crippen LogP contribution in [0.15, 0.2) is 29.6 Å². The first-order chi connectivity index (χ1) is 8.73. The van der Waals surface area contributed by atoms with Gasteiger partial charge in [0.05, 0.1) is 25.0 Å². The van der Waals surface area contributed by atoms with Crippen LogP contribution in [0.5, 0.6) is 0 Å². The Labute approximate surface area is 110 Å². The van der Waals surface area contributed by atoms with Gasteiger partial charge in [0, 0.05) is 10.9 Å². The second-order valence-corrected chi connectivity index (χ2v) is 5.45. The Balaban J connectivity index is 1.97. The number of aromatic nitrogens is 1. The van der Waals surface area contributed by atoms with Crippen LogP contribution in [-0.2, 0) is 10.2 Å². The van der Waals surface area contributed by atoms with Gasteiger partial charge in [-0.25, -0.2) is 4.98 Å². The molecule has 90 valence electrons. The third-order valence-corrected chi connectivity index (χ3v) is 4.06. The molecule has 0 bridgehead atoms. The molecule has 2 aromatic rings. The molecule has 0 spiro atoms. The summed E-state index contributed by atoms with van der Waals surface area (Å²) in [5.74, 6) is 0. The number of nitriles is 1. The highest BCUT2D eigenvalue weighted by Crippen LogP contribution is 2.35. The smallest absolute Gasteiger partial charge is 0.146 e. The SMILES string of the molecule is Cc1cccc(-c2nc(C3(C#N)COC3)cs2)c1. The zero-order valence-electron chi connectivity index (χ0n) is 10.0. The summed E-state index contributed by atoms with van der Waals surface area (Å²) in [6, 6.07) is 10.6. The number of thiazole rings is 1. The molecule has 3 nitrogen and oxygen atoms in total. The van der Waals surface area contributed by atoms with E-state index in [1.807, 2.05) is 17.5 Å². The van der Waals surface area contributed by atoms with Crippen molar-refractivity contribution in [2.45, 2.75) is 12.3 Å². The summed E-state index contributed by atoms with van der Waals surface area (Å²) in [7, 11) is 0. The van der Waals surface area contributed by atoms with Gasteiger partial charge in [0.1, 0.15) is 10.4 Å². The quantitative estimate of drug-likeness (QED) is 0.830. The molecule has 1 aromatic heterocycles. The van der Waals surface area contributed by atoms with Gasteiger partial charge in [0.15, 0.2) is 0 Å². The summed E-state index contributed by atoms with van der Waals surface area (Å²) in [6.45, 7) is 2.98. The van der Waals surface area contributed by atoms with Gasteiger partial charge in [0.25, 0.3) is 0 Å². The summed E-state index contributed by atoms with van der Waals surface area (Å²) in [5, 5.41) is 12.2. The number of benzene rings is 1. The van der Waals surface area contributed by atoms with E-state index in [0.29, 0.717) is 13.2 Å². The van der Waals surface area contributed by atoms with Gasteiger partial charge >= 0.3 is 0 Å². The Morgan fingerprint density at radius 2 is 2.28 bits per heavy atom. The molecule has 0 saturated carbocycles. The molecule has 3 rings (SSSR count). The van der Waals surface area contributed by atoms with Gasteiger partial charge in [-0.1, -0.05) is 23.8 Å². The summed E-state index contributed by atoms with van der Waals surface area (Å²) >= 11 is 1.59. The van der Waals surface area contributed by atoms with E-state index in [-0.39, 0.29) is 0 Å². The molecular formula is C14H12N2OS. The molecule has 1 aliphatic rings. The third-order valence-electron chi connectivity index (χ3n) is 3.17. The summed E-state index contributed by atoms with van der Waals surface area (Å²) in [5.41, 5.74) is 2.65. The highest BCUT2D eigenvalue weighted by molar-refractivity contribution is 7.13. The number of ether oxygens (including phenoxy) is 1. The fourth-order valence-corrected chi connectivity index (χ4v) is 2.90. The Kier molecular flexibility index (Phi) is 2.66. The third kappa shape index (κ3) is 1.72. The Hall–Kier alpha value is -1.70. The number of hydrogen-bond donors (Lipinski definition) is 0. The first-order valence-corrected chi connectivity index (χ1v) is 6.63. The minimum absolute atomic E-state index is 0.459. The molecule has 0 aliphatic carbocycles. The largest absolute Gasteiger partial charge is 0.377 e. The van der Waals surface area contributed by atoms with E-state index in [4.69, 9.17) is 4.74 Å². The average Bonchev–Trinajstić information content (AvgIpc) is 2.78. The van der Waals surface area contributed by atoms with Crippen molar-refractivity contribution in [1.82, 2.24) is 4.98 Å². The Morgan fingerprint density at radius 1 is 1.44 bits per heavy atom. The zero-order chi connectivity index (χ0) is 12.6. The van der Waals surface area contributed by atoms with Crippen LogP contribution < -0.4 is 0 Å². The van der Waals surface area contributed by atoms with E-state index < -0.39 is 5.41 Å². The summed E-state index contributed by atoms with van der Waals surface area (Å²) < 4.78 is 5.16. The van der Waals surface area contributed by atoms with Crippen LogP contribution in [0.2, 0.25) is 0 Å². The van der Waals surface area contributed by atoms with E-state index in [1.54, 1.807) is 11.3 Å². The van der Waals surface area contributed by atoms with Gasteiger partial charge in [-0.15, -0.1) is 11.3 Å². The van der Waals surface area contributed by atoms with Crippen LogP contribution in [0.1, 0.15) is 11.3 Å². The number of hydrogen-bond acceptors (Lipinski definition) is 4. The zero-order valence-corrected chi connectivity index (χ0v) is 10.8. The van der Waals surface area contributed by atoms with Gasteiger partial charge in [-0.3, -0.25) is 0 Å². The predicted octanol–water partition coefficient (Wildman–Crippen LogP) is 2.91. The molecule has 0 amide bonds. The standard InChI is InChI=1S/C14H12N2OS/c1-10-3-2-4-11(5-10)13-16-12(6-18-13)14(7-15)8-17-9-14/h2-6H,8-9H2,1H3. The van der Waals surface area contributed by atoms with E-state index >= 15 is 0 Å². The van der Waals surface area contributed by atoms with Crippen LogP contribution in [0.25, 0.3) is 10.6 Å². The van der Waals surface area contributed by atoms with Crippen molar-refractivity contribution in [3.63, 3.8) is 0 Å². The first kappa shape index (κ1) is 11.4. The minimum atomic E-state index is -0.515. The maximum absolute atomic E-state index is 9.25. The molecule has 18 heavy (non-hydrogen) atoms. The maximum Gasteiger partial charge on any atom is 0.146 e.